The molecule has 0 radical (unpaired) electrons. The molecule has 0 N–H and O–H groups in total. The zero-order valence-electron chi connectivity index (χ0n) is 24.0. The second-order valence-corrected chi connectivity index (χ2v) is 10.0. The Morgan fingerprint density at radius 1 is 0.581 bits per heavy atom. The molecule has 6 heteroatoms. The smallest absolute Gasteiger partial charge is 0.309 e. The van der Waals surface area contributed by atoms with Crippen LogP contribution >= 0.6 is 0 Å². The molecule has 1 aliphatic rings. The van der Waals surface area contributed by atoms with Gasteiger partial charge in [0.05, 0.1) is 31.5 Å². The first-order valence-electron chi connectivity index (χ1n) is 14.3. The molecule has 43 heavy (non-hydrogen) atoms. The molecule has 218 valence electrons. The van der Waals surface area contributed by atoms with Gasteiger partial charge in [-0.2, -0.15) is 0 Å². The molecule has 0 bridgehead atoms. The predicted octanol–water partition coefficient (Wildman–Crippen LogP) is 7.05. The van der Waals surface area contributed by atoms with E-state index in [-0.39, 0.29) is 51.2 Å². The van der Waals surface area contributed by atoms with Crippen LogP contribution in [-0.2, 0) is 24.5 Å². The van der Waals surface area contributed by atoms with Crippen molar-refractivity contribution < 1.29 is 28.5 Å². The lowest BCUT2D eigenvalue weighted by atomic mass is 9.68. The minimum absolute atomic E-state index is 0.157. The van der Waals surface area contributed by atoms with E-state index in [1.807, 2.05) is 24.3 Å². The molecule has 0 saturated heterocycles. The second-order valence-electron chi connectivity index (χ2n) is 10.0. The first-order valence-corrected chi connectivity index (χ1v) is 14.3. The van der Waals surface area contributed by atoms with E-state index in [1.54, 1.807) is 0 Å². The highest BCUT2D eigenvalue weighted by Crippen LogP contribution is 2.56. The van der Waals surface area contributed by atoms with Crippen LogP contribution in [-0.4, -0.2) is 38.4 Å². The van der Waals surface area contributed by atoms with Gasteiger partial charge in [0, 0.05) is 0 Å². The summed E-state index contributed by atoms with van der Waals surface area (Å²) < 4.78 is 21.8. The molecule has 4 aromatic carbocycles. The van der Waals surface area contributed by atoms with Crippen molar-refractivity contribution >= 4 is 11.9 Å². The summed E-state index contributed by atoms with van der Waals surface area (Å²) in [4.78, 5) is 23.6. The molecule has 0 heterocycles. The number of esters is 2. The van der Waals surface area contributed by atoms with E-state index >= 15 is 0 Å². The topological polar surface area (TPSA) is 71.1 Å². The van der Waals surface area contributed by atoms with Crippen molar-refractivity contribution in [2.45, 2.75) is 18.3 Å². The van der Waals surface area contributed by atoms with Crippen molar-refractivity contribution in [3.05, 3.63) is 145 Å². The van der Waals surface area contributed by atoms with Gasteiger partial charge in [-0.25, -0.2) is 0 Å². The summed E-state index contributed by atoms with van der Waals surface area (Å²) in [7, 11) is 0. The Bertz CT molecular complexity index is 1470. The lowest BCUT2D eigenvalue weighted by Crippen LogP contribution is -2.28. The fourth-order valence-electron chi connectivity index (χ4n) is 5.58. The maximum absolute atomic E-state index is 11.8. The maximum Gasteiger partial charge on any atom is 0.309 e. The fourth-order valence-corrected chi connectivity index (χ4v) is 5.58. The van der Waals surface area contributed by atoms with Crippen LogP contribution in [0.25, 0.3) is 11.1 Å². The highest BCUT2D eigenvalue weighted by Gasteiger charge is 2.45. The number of ether oxygens (including phenoxy) is 4. The van der Waals surface area contributed by atoms with Gasteiger partial charge in [0.1, 0.15) is 24.7 Å². The predicted molar refractivity (Wildman–Crippen MR) is 166 cm³/mol. The molecular formula is C37H34O6. The Labute approximate surface area is 252 Å². The molecule has 0 atom stereocenters. The van der Waals surface area contributed by atoms with Gasteiger partial charge in [-0.3, -0.25) is 9.59 Å². The molecule has 0 saturated carbocycles. The molecule has 0 aliphatic heterocycles. The highest BCUT2D eigenvalue weighted by atomic mass is 16.5. The standard InChI is InChI=1S/C37H34O6/c1-3-23-42-35(38)21-25-40-29-17-13-27(14-18-29)37(33-11-7-5-9-31(33)32-10-6-8-12-34(32)37)28-15-19-30(20-16-28)41-26-22-36(39)43-24-4-2/h3-20H,1-2,21-26H2. The number of rotatable bonds is 14. The largest absolute Gasteiger partial charge is 0.493 e. The van der Waals surface area contributed by atoms with E-state index in [2.05, 4.69) is 86.0 Å². The van der Waals surface area contributed by atoms with Gasteiger partial charge in [-0.15, -0.1) is 0 Å². The number of carbonyl (C=O) groups excluding carboxylic acids is 2. The van der Waals surface area contributed by atoms with Crippen molar-refractivity contribution in [3.8, 4) is 22.6 Å². The quantitative estimate of drug-likeness (QED) is 0.105. The molecule has 4 aromatic rings. The Balaban J connectivity index is 1.44. The van der Waals surface area contributed by atoms with Crippen LogP contribution in [0.4, 0.5) is 0 Å². The summed E-state index contributed by atoms with van der Waals surface area (Å²) in [6.07, 6.45) is 3.39. The lowest BCUT2D eigenvalue weighted by Gasteiger charge is -2.34. The Kier molecular flexibility index (Phi) is 9.37. The van der Waals surface area contributed by atoms with E-state index in [1.165, 1.54) is 34.4 Å². The number of hydrogen-bond acceptors (Lipinski definition) is 6. The van der Waals surface area contributed by atoms with E-state index in [0.717, 1.165) is 11.1 Å². The van der Waals surface area contributed by atoms with Crippen LogP contribution in [0.5, 0.6) is 11.5 Å². The summed E-state index contributed by atoms with van der Waals surface area (Å²) in [6.45, 7) is 7.93. The molecule has 0 spiro atoms. The number of hydrogen-bond donors (Lipinski definition) is 0. The SMILES string of the molecule is C=CCOC(=O)CCOc1ccc(C2(c3ccc(OCCC(=O)OCC=C)cc3)c3ccccc3-c3ccccc32)cc1. The highest BCUT2D eigenvalue weighted by molar-refractivity contribution is 5.86. The van der Waals surface area contributed by atoms with E-state index < -0.39 is 5.41 Å². The lowest BCUT2D eigenvalue weighted by molar-refractivity contribution is -0.143. The van der Waals surface area contributed by atoms with Gasteiger partial charge >= 0.3 is 11.9 Å². The average molecular weight is 575 g/mol. The monoisotopic (exact) mass is 574 g/mol. The van der Waals surface area contributed by atoms with Crippen molar-refractivity contribution in [2.75, 3.05) is 26.4 Å². The number of benzene rings is 4. The third-order valence-electron chi connectivity index (χ3n) is 7.40. The summed E-state index contributed by atoms with van der Waals surface area (Å²) in [6, 6.07) is 33.1. The van der Waals surface area contributed by atoms with Crippen LogP contribution in [0.2, 0.25) is 0 Å². The zero-order chi connectivity index (χ0) is 30.1. The third-order valence-corrected chi connectivity index (χ3v) is 7.40. The Hall–Kier alpha value is -5.10. The minimum Gasteiger partial charge on any atom is -0.493 e. The van der Waals surface area contributed by atoms with Crippen molar-refractivity contribution in [3.63, 3.8) is 0 Å². The first kappa shape index (κ1) is 29.4. The van der Waals surface area contributed by atoms with Crippen LogP contribution in [0, 0.1) is 0 Å². The van der Waals surface area contributed by atoms with Crippen molar-refractivity contribution in [1.29, 1.82) is 0 Å². The molecule has 1 aliphatic carbocycles. The molecular weight excluding hydrogens is 540 g/mol. The van der Waals surface area contributed by atoms with Gasteiger partial charge in [-0.1, -0.05) is 98.1 Å². The zero-order valence-corrected chi connectivity index (χ0v) is 24.0. The molecule has 0 fully saturated rings. The van der Waals surface area contributed by atoms with Crippen molar-refractivity contribution in [2.24, 2.45) is 0 Å². The molecule has 0 amide bonds. The van der Waals surface area contributed by atoms with E-state index in [9.17, 15) is 9.59 Å². The van der Waals surface area contributed by atoms with Gasteiger partial charge in [0.15, 0.2) is 0 Å². The third kappa shape index (κ3) is 6.24. The molecule has 5 rings (SSSR count). The Morgan fingerprint density at radius 3 is 1.37 bits per heavy atom. The molecule has 6 nitrogen and oxygen atoms in total. The Morgan fingerprint density at radius 2 is 0.977 bits per heavy atom. The van der Waals surface area contributed by atoms with Gasteiger partial charge < -0.3 is 18.9 Å². The van der Waals surface area contributed by atoms with Crippen molar-refractivity contribution in [1.82, 2.24) is 0 Å². The van der Waals surface area contributed by atoms with Gasteiger partial charge in [-0.05, 0) is 57.6 Å². The van der Waals surface area contributed by atoms with Gasteiger partial charge in [0.25, 0.3) is 0 Å². The minimum atomic E-state index is -0.576. The molecule has 0 aromatic heterocycles. The molecule has 0 unspecified atom stereocenters. The fraction of sp³-hybridized carbons (Fsp3) is 0.189. The summed E-state index contributed by atoms with van der Waals surface area (Å²) in [5.74, 6) is 0.695. The van der Waals surface area contributed by atoms with Crippen LogP contribution in [0.15, 0.2) is 122 Å². The summed E-state index contributed by atoms with van der Waals surface area (Å²) in [5, 5.41) is 0. The number of fused-ring (bicyclic) bond motifs is 3. The van der Waals surface area contributed by atoms with E-state index in [0.29, 0.717) is 11.5 Å². The normalized spacial score (nSPS) is 12.4. The van der Waals surface area contributed by atoms with Gasteiger partial charge in [0.2, 0.25) is 0 Å². The number of carbonyl (C=O) groups is 2. The van der Waals surface area contributed by atoms with E-state index in [4.69, 9.17) is 18.9 Å². The van der Waals surface area contributed by atoms with Crippen LogP contribution < -0.4 is 9.47 Å². The van der Waals surface area contributed by atoms with Crippen LogP contribution in [0.1, 0.15) is 35.1 Å². The maximum atomic E-state index is 11.8. The summed E-state index contributed by atoms with van der Waals surface area (Å²) >= 11 is 0. The average Bonchev–Trinajstić information content (AvgIpc) is 3.35. The van der Waals surface area contributed by atoms with Crippen LogP contribution in [0.3, 0.4) is 0 Å². The second kappa shape index (κ2) is 13.7. The first-order chi connectivity index (χ1) is 21.1. The summed E-state index contributed by atoms with van der Waals surface area (Å²) in [5.41, 5.74) is 6.35.